The van der Waals surface area contributed by atoms with E-state index in [2.05, 4.69) is 5.32 Å². The molecule has 104 valence electrons. The largest absolute Gasteiger partial charge is 0.338 e. The SMILES string of the molecule is CC(c1ccc(F)c(F)c1)N(C)C(=O)CNC1CC1. The van der Waals surface area contributed by atoms with Crippen molar-refractivity contribution in [1.82, 2.24) is 10.2 Å². The molecule has 1 N–H and O–H groups in total. The van der Waals surface area contributed by atoms with Gasteiger partial charge >= 0.3 is 0 Å². The molecule has 1 aliphatic rings. The minimum absolute atomic E-state index is 0.0517. The summed E-state index contributed by atoms with van der Waals surface area (Å²) < 4.78 is 26.0. The number of hydrogen-bond donors (Lipinski definition) is 1. The third-order valence-corrected chi connectivity index (χ3v) is 3.52. The average molecular weight is 268 g/mol. The highest BCUT2D eigenvalue weighted by Crippen LogP contribution is 2.21. The fraction of sp³-hybridized carbons (Fsp3) is 0.500. The lowest BCUT2D eigenvalue weighted by Gasteiger charge is -2.25. The summed E-state index contributed by atoms with van der Waals surface area (Å²) in [4.78, 5) is 13.5. The molecule has 1 unspecified atom stereocenters. The van der Waals surface area contributed by atoms with Gasteiger partial charge in [0.15, 0.2) is 11.6 Å². The van der Waals surface area contributed by atoms with Gasteiger partial charge in [-0.05, 0) is 37.5 Å². The monoisotopic (exact) mass is 268 g/mol. The van der Waals surface area contributed by atoms with Gasteiger partial charge < -0.3 is 10.2 Å². The zero-order valence-electron chi connectivity index (χ0n) is 11.1. The van der Waals surface area contributed by atoms with E-state index >= 15 is 0 Å². The molecule has 1 atom stereocenters. The van der Waals surface area contributed by atoms with Gasteiger partial charge in [0.2, 0.25) is 5.91 Å². The fourth-order valence-corrected chi connectivity index (χ4v) is 1.86. The lowest BCUT2D eigenvalue weighted by molar-refractivity contribution is -0.130. The number of nitrogens with one attached hydrogen (secondary N) is 1. The summed E-state index contributed by atoms with van der Waals surface area (Å²) in [6.45, 7) is 2.08. The van der Waals surface area contributed by atoms with E-state index in [-0.39, 0.29) is 18.5 Å². The third-order valence-electron chi connectivity index (χ3n) is 3.52. The second-order valence-corrected chi connectivity index (χ2v) is 5.01. The molecule has 0 spiro atoms. The second kappa shape index (κ2) is 5.65. The van der Waals surface area contributed by atoms with Crippen LogP contribution in [0.5, 0.6) is 0 Å². The number of rotatable bonds is 5. The Kier molecular flexibility index (Phi) is 4.14. The molecule has 1 aromatic carbocycles. The quantitative estimate of drug-likeness (QED) is 0.888. The number of halogens is 2. The van der Waals surface area contributed by atoms with Crippen molar-refractivity contribution >= 4 is 5.91 Å². The van der Waals surface area contributed by atoms with Crippen molar-refractivity contribution in [3.05, 3.63) is 35.4 Å². The van der Waals surface area contributed by atoms with Crippen LogP contribution < -0.4 is 5.32 Å². The van der Waals surface area contributed by atoms with E-state index < -0.39 is 11.6 Å². The Morgan fingerprint density at radius 2 is 2.11 bits per heavy atom. The van der Waals surface area contributed by atoms with E-state index in [9.17, 15) is 13.6 Å². The Bertz CT molecular complexity index is 475. The Morgan fingerprint density at radius 1 is 1.42 bits per heavy atom. The van der Waals surface area contributed by atoms with Crippen LogP contribution in [-0.4, -0.2) is 30.4 Å². The van der Waals surface area contributed by atoms with Gasteiger partial charge in [0, 0.05) is 13.1 Å². The fourth-order valence-electron chi connectivity index (χ4n) is 1.86. The highest BCUT2D eigenvalue weighted by molar-refractivity contribution is 5.78. The smallest absolute Gasteiger partial charge is 0.236 e. The predicted octanol–water partition coefficient (Wildman–Crippen LogP) is 2.24. The molecule has 1 fully saturated rings. The minimum Gasteiger partial charge on any atom is -0.338 e. The van der Waals surface area contributed by atoms with Crippen LogP contribution in [0, 0.1) is 11.6 Å². The van der Waals surface area contributed by atoms with Crippen LogP contribution in [0.3, 0.4) is 0 Å². The van der Waals surface area contributed by atoms with Crippen molar-refractivity contribution in [2.24, 2.45) is 0 Å². The molecular weight excluding hydrogens is 250 g/mol. The van der Waals surface area contributed by atoms with Crippen LogP contribution in [-0.2, 0) is 4.79 Å². The molecule has 2 rings (SSSR count). The molecule has 0 saturated heterocycles. The van der Waals surface area contributed by atoms with Crippen LogP contribution >= 0.6 is 0 Å². The number of carbonyl (C=O) groups excluding carboxylic acids is 1. The molecule has 1 aliphatic carbocycles. The first-order valence-electron chi connectivity index (χ1n) is 6.43. The first kappa shape index (κ1) is 13.9. The zero-order valence-corrected chi connectivity index (χ0v) is 11.1. The Labute approximate surface area is 111 Å². The number of carbonyl (C=O) groups is 1. The summed E-state index contributed by atoms with van der Waals surface area (Å²) in [6, 6.07) is 3.90. The maximum Gasteiger partial charge on any atom is 0.236 e. The number of likely N-dealkylation sites (N-methyl/N-ethyl adjacent to an activating group) is 1. The molecule has 0 aromatic heterocycles. The Morgan fingerprint density at radius 3 is 2.68 bits per heavy atom. The standard InChI is InChI=1S/C14H18F2N2O/c1-9(10-3-6-12(15)13(16)7-10)18(2)14(19)8-17-11-4-5-11/h3,6-7,9,11,17H,4-5,8H2,1-2H3. The van der Waals surface area contributed by atoms with Gasteiger partial charge in [-0.3, -0.25) is 4.79 Å². The normalized spacial score (nSPS) is 16.2. The summed E-state index contributed by atoms with van der Waals surface area (Å²) in [5, 5.41) is 3.14. The van der Waals surface area contributed by atoms with Gasteiger partial charge in [-0.15, -0.1) is 0 Å². The van der Waals surface area contributed by atoms with Gasteiger partial charge in [0.05, 0.1) is 12.6 Å². The van der Waals surface area contributed by atoms with Crippen LogP contribution in [0.25, 0.3) is 0 Å². The van der Waals surface area contributed by atoms with Crippen LogP contribution in [0.1, 0.15) is 31.4 Å². The molecule has 1 saturated carbocycles. The summed E-state index contributed by atoms with van der Waals surface area (Å²) >= 11 is 0. The van der Waals surface area contributed by atoms with Crippen molar-refractivity contribution < 1.29 is 13.6 Å². The van der Waals surface area contributed by atoms with E-state index in [4.69, 9.17) is 0 Å². The van der Waals surface area contributed by atoms with Gasteiger partial charge in [0.1, 0.15) is 0 Å². The number of benzene rings is 1. The summed E-state index contributed by atoms with van der Waals surface area (Å²) in [5.74, 6) is -1.81. The second-order valence-electron chi connectivity index (χ2n) is 5.01. The molecule has 19 heavy (non-hydrogen) atoms. The number of nitrogens with zero attached hydrogens (tertiary/aromatic N) is 1. The van der Waals surface area contributed by atoms with Crippen LogP contribution in [0.2, 0.25) is 0 Å². The molecule has 0 aliphatic heterocycles. The maximum absolute atomic E-state index is 13.2. The summed E-state index contributed by atoms with van der Waals surface area (Å²) in [7, 11) is 1.67. The first-order chi connectivity index (χ1) is 8.99. The van der Waals surface area contributed by atoms with E-state index in [1.165, 1.54) is 6.07 Å². The van der Waals surface area contributed by atoms with Gasteiger partial charge in [-0.25, -0.2) is 8.78 Å². The van der Waals surface area contributed by atoms with E-state index in [1.54, 1.807) is 18.9 Å². The molecule has 0 bridgehead atoms. The average Bonchev–Trinajstić information content (AvgIpc) is 3.21. The molecular formula is C14H18F2N2O. The summed E-state index contributed by atoms with van der Waals surface area (Å²) in [6.07, 6.45) is 2.24. The van der Waals surface area contributed by atoms with Crippen molar-refractivity contribution in [2.75, 3.05) is 13.6 Å². The molecule has 0 radical (unpaired) electrons. The van der Waals surface area contributed by atoms with Crippen molar-refractivity contribution in [2.45, 2.75) is 31.8 Å². The number of amides is 1. The molecule has 0 heterocycles. The third kappa shape index (κ3) is 3.50. The molecule has 3 nitrogen and oxygen atoms in total. The van der Waals surface area contributed by atoms with Crippen molar-refractivity contribution in [1.29, 1.82) is 0 Å². The van der Waals surface area contributed by atoms with E-state index in [0.29, 0.717) is 11.6 Å². The van der Waals surface area contributed by atoms with Gasteiger partial charge in [0.25, 0.3) is 0 Å². The van der Waals surface area contributed by atoms with Gasteiger partial charge in [-0.1, -0.05) is 6.07 Å². The maximum atomic E-state index is 13.2. The molecule has 1 aromatic rings. The predicted molar refractivity (Wildman–Crippen MR) is 68.6 cm³/mol. The first-order valence-corrected chi connectivity index (χ1v) is 6.43. The Hall–Kier alpha value is -1.49. The molecule has 5 heteroatoms. The zero-order chi connectivity index (χ0) is 14.0. The van der Waals surface area contributed by atoms with Crippen LogP contribution in [0.4, 0.5) is 8.78 Å². The van der Waals surface area contributed by atoms with Crippen molar-refractivity contribution in [3.63, 3.8) is 0 Å². The minimum atomic E-state index is -0.888. The van der Waals surface area contributed by atoms with E-state index in [0.717, 1.165) is 25.0 Å². The molecule has 1 amide bonds. The number of hydrogen-bond acceptors (Lipinski definition) is 2. The van der Waals surface area contributed by atoms with E-state index in [1.807, 2.05) is 0 Å². The topological polar surface area (TPSA) is 32.3 Å². The lowest BCUT2D eigenvalue weighted by Crippen LogP contribution is -2.37. The highest BCUT2D eigenvalue weighted by Gasteiger charge is 2.23. The lowest BCUT2D eigenvalue weighted by atomic mass is 10.1. The summed E-state index contributed by atoms with van der Waals surface area (Å²) in [5.41, 5.74) is 0.584. The van der Waals surface area contributed by atoms with Crippen LogP contribution in [0.15, 0.2) is 18.2 Å². The van der Waals surface area contributed by atoms with Crippen molar-refractivity contribution in [3.8, 4) is 0 Å². The van der Waals surface area contributed by atoms with Gasteiger partial charge in [-0.2, -0.15) is 0 Å². The highest BCUT2D eigenvalue weighted by atomic mass is 19.2. The Balaban J connectivity index is 1.97.